The van der Waals surface area contributed by atoms with Crippen molar-refractivity contribution in [3.05, 3.63) is 78.0 Å². The number of aromatic nitrogens is 4. The molecule has 3 heterocycles. The number of anilines is 1. The summed E-state index contributed by atoms with van der Waals surface area (Å²) in [6.45, 7) is 0. The molecule has 1 aromatic carbocycles. The van der Waals surface area contributed by atoms with Gasteiger partial charge in [-0.1, -0.05) is 36.4 Å². The van der Waals surface area contributed by atoms with Gasteiger partial charge in [0.05, 0.1) is 0 Å². The molecule has 0 aliphatic rings. The molecular weight excluding hydrogens is 302 g/mol. The number of nitrogens with zero attached hydrogens (tertiary/aromatic N) is 4. The topological polar surface area (TPSA) is 86.2 Å². The quantitative estimate of drug-likeness (QED) is 0.587. The van der Waals surface area contributed by atoms with Gasteiger partial charge in [0.25, 0.3) is 0 Å². The van der Waals surface area contributed by atoms with Gasteiger partial charge in [0.1, 0.15) is 11.5 Å². The Morgan fingerprint density at radius 1 is 0.958 bits per heavy atom. The fourth-order valence-corrected chi connectivity index (χ4v) is 2.50. The van der Waals surface area contributed by atoms with Gasteiger partial charge in [0, 0.05) is 17.3 Å². The summed E-state index contributed by atoms with van der Waals surface area (Å²) in [6.07, 6.45) is 1.68. The molecule has 6 heteroatoms. The lowest BCUT2D eigenvalue weighted by Crippen LogP contribution is -2.06. The molecule has 0 atom stereocenters. The average Bonchev–Trinajstić information content (AvgIpc) is 3.07. The number of nitrogens with two attached hydrogens (primary N) is 1. The number of carbonyl (C=O) groups excluding carboxylic acids is 1. The number of rotatable bonds is 3. The van der Waals surface area contributed by atoms with Gasteiger partial charge in [-0.3, -0.25) is 9.78 Å². The van der Waals surface area contributed by atoms with Crippen LogP contribution in [0.5, 0.6) is 0 Å². The monoisotopic (exact) mass is 315 g/mol. The first-order valence-corrected chi connectivity index (χ1v) is 7.40. The molecule has 0 saturated carbocycles. The number of fused-ring (bicyclic) bond motifs is 1. The molecule has 0 radical (unpaired) electrons. The van der Waals surface area contributed by atoms with Crippen molar-refractivity contribution < 1.29 is 4.79 Å². The van der Waals surface area contributed by atoms with Crippen LogP contribution in [0, 0.1) is 0 Å². The van der Waals surface area contributed by atoms with Gasteiger partial charge >= 0.3 is 0 Å². The lowest BCUT2D eigenvalue weighted by atomic mass is 10.0. The summed E-state index contributed by atoms with van der Waals surface area (Å²) in [5, 5.41) is 4.36. The Labute approximate surface area is 137 Å². The Kier molecular flexibility index (Phi) is 3.28. The standard InChI is InChI=1S/C18H13N5O/c19-15-10-13(17(24)12-6-2-1-3-7-12)11-16-21-18(22-23(15)16)14-8-4-5-9-20-14/h1-11H,19H2. The van der Waals surface area contributed by atoms with Crippen molar-refractivity contribution in [1.82, 2.24) is 19.6 Å². The van der Waals surface area contributed by atoms with E-state index in [0.717, 1.165) is 0 Å². The number of nitrogen functional groups attached to an aromatic ring is 1. The fourth-order valence-electron chi connectivity index (χ4n) is 2.50. The van der Waals surface area contributed by atoms with Gasteiger partial charge < -0.3 is 5.73 Å². The van der Waals surface area contributed by atoms with E-state index in [-0.39, 0.29) is 5.78 Å². The van der Waals surface area contributed by atoms with Crippen molar-refractivity contribution in [3.8, 4) is 11.5 Å². The number of hydrogen-bond acceptors (Lipinski definition) is 5. The molecule has 116 valence electrons. The van der Waals surface area contributed by atoms with Crippen LogP contribution in [0.1, 0.15) is 15.9 Å². The first-order chi connectivity index (χ1) is 11.7. The van der Waals surface area contributed by atoms with Crippen molar-refractivity contribution in [2.24, 2.45) is 0 Å². The van der Waals surface area contributed by atoms with Gasteiger partial charge in [-0.15, -0.1) is 5.10 Å². The fraction of sp³-hybridized carbons (Fsp3) is 0. The van der Waals surface area contributed by atoms with E-state index in [1.54, 1.807) is 30.5 Å². The lowest BCUT2D eigenvalue weighted by Gasteiger charge is -2.03. The van der Waals surface area contributed by atoms with E-state index >= 15 is 0 Å². The van der Waals surface area contributed by atoms with Crippen LogP contribution in [0.4, 0.5) is 5.82 Å². The van der Waals surface area contributed by atoms with E-state index < -0.39 is 0 Å². The second-order valence-electron chi connectivity index (χ2n) is 5.28. The minimum atomic E-state index is -0.104. The van der Waals surface area contributed by atoms with E-state index in [2.05, 4.69) is 15.1 Å². The number of pyridine rings is 2. The van der Waals surface area contributed by atoms with Crippen LogP contribution < -0.4 is 5.73 Å². The van der Waals surface area contributed by atoms with Gasteiger partial charge in [-0.05, 0) is 24.3 Å². The van der Waals surface area contributed by atoms with Crippen molar-refractivity contribution in [2.75, 3.05) is 5.73 Å². The molecule has 4 aromatic rings. The summed E-state index contributed by atoms with van der Waals surface area (Å²) in [6, 6.07) is 17.9. The van der Waals surface area contributed by atoms with Gasteiger partial charge in [0.15, 0.2) is 11.4 Å². The largest absolute Gasteiger partial charge is 0.384 e. The maximum Gasteiger partial charge on any atom is 0.200 e. The zero-order valence-electron chi connectivity index (χ0n) is 12.6. The van der Waals surface area contributed by atoms with Crippen LogP contribution in [0.15, 0.2) is 66.9 Å². The summed E-state index contributed by atoms with van der Waals surface area (Å²) in [5.41, 5.74) is 8.29. The minimum absolute atomic E-state index is 0.104. The Hall–Kier alpha value is -3.54. The predicted molar refractivity (Wildman–Crippen MR) is 90.5 cm³/mol. The van der Waals surface area contributed by atoms with Crippen molar-refractivity contribution >= 4 is 17.2 Å². The molecule has 4 rings (SSSR count). The zero-order valence-corrected chi connectivity index (χ0v) is 12.6. The van der Waals surface area contributed by atoms with E-state index in [1.807, 2.05) is 36.4 Å². The zero-order chi connectivity index (χ0) is 16.5. The molecule has 24 heavy (non-hydrogen) atoms. The highest BCUT2D eigenvalue weighted by Gasteiger charge is 2.14. The third kappa shape index (κ3) is 2.40. The summed E-state index contributed by atoms with van der Waals surface area (Å²) in [5.74, 6) is 0.709. The second kappa shape index (κ2) is 5.58. The normalized spacial score (nSPS) is 10.8. The van der Waals surface area contributed by atoms with Gasteiger partial charge in [-0.25, -0.2) is 4.98 Å². The Morgan fingerprint density at radius 2 is 1.75 bits per heavy atom. The van der Waals surface area contributed by atoms with Crippen LogP contribution in [0.25, 0.3) is 17.2 Å². The maximum atomic E-state index is 12.6. The van der Waals surface area contributed by atoms with Gasteiger partial charge in [-0.2, -0.15) is 4.52 Å². The molecule has 6 nitrogen and oxygen atoms in total. The smallest absolute Gasteiger partial charge is 0.200 e. The van der Waals surface area contributed by atoms with Crippen LogP contribution in [-0.4, -0.2) is 25.4 Å². The molecule has 0 fully saturated rings. The average molecular weight is 315 g/mol. The first kappa shape index (κ1) is 14.1. The molecule has 0 bridgehead atoms. The Bertz CT molecular complexity index is 1030. The molecule has 2 N–H and O–H groups in total. The van der Waals surface area contributed by atoms with Crippen molar-refractivity contribution in [3.63, 3.8) is 0 Å². The summed E-state index contributed by atoms with van der Waals surface area (Å²) in [7, 11) is 0. The molecule has 3 aromatic heterocycles. The Balaban J connectivity index is 1.81. The molecule has 0 spiro atoms. The van der Waals surface area contributed by atoms with Crippen LogP contribution >= 0.6 is 0 Å². The highest BCUT2D eigenvalue weighted by Crippen LogP contribution is 2.19. The minimum Gasteiger partial charge on any atom is -0.384 e. The summed E-state index contributed by atoms with van der Waals surface area (Å²) < 4.78 is 1.51. The number of benzene rings is 1. The highest BCUT2D eigenvalue weighted by molar-refractivity contribution is 6.09. The molecule has 0 aliphatic carbocycles. The molecular formula is C18H13N5O. The van der Waals surface area contributed by atoms with Crippen LogP contribution in [0.3, 0.4) is 0 Å². The Morgan fingerprint density at radius 3 is 2.50 bits per heavy atom. The van der Waals surface area contributed by atoms with Gasteiger partial charge in [0.2, 0.25) is 5.82 Å². The van der Waals surface area contributed by atoms with Crippen LogP contribution in [0.2, 0.25) is 0 Å². The predicted octanol–water partition coefficient (Wildman–Crippen LogP) is 2.60. The second-order valence-corrected chi connectivity index (χ2v) is 5.28. The van der Waals surface area contributed by atoms with Crippen molar-refractivity contribution in [1.29, 1.82) is 0 Å². The first-order valence-electron chi connectivity index (χ1n) is 7.40. The van der Waals surface area contributed by atoms with E-state index in [9.17, 15) is 4.79 Å². The summed E-state index contributed by atoms with van der Waals surface area (Å²) >= 11 is 0. The van der Waals surface area contributed by atoms with E-state index in [1.165, 1.54) is 4.52 Å². The van der Waals surface area contributed by atoms with Crippen LogP contribution in [-0.2, 0) is 0 Å². The SMILES string of the molecule is Nc1cc(C(=O)c2ccccc2)cc2nc(-c3ccccn3)nn12. The highest BCUT2D eigenvalue weighted by atomic mass is 16.1. The summed E-state index contributed by atoms with van der Waals surface area (Å²) in [4.78, 5) is 21.3. The molecule has 0 amide bonds. The van der Waals surface area contributed by atoms with Crippen molar-refractivity contribution in [2.45, 2.75) is 0 Å². The third-order valence-corrected chi connectivity index (χ3v) is 3.66. The number of ketones is 1. The maximum absolute atomic E-state index is 12.6. The lowest BCUT2D eigenvalue weighted by molar-refractivity contribution is 0.103. The van der Waals surface area contributed by atoms with E-state index in [4.69, 9.17) is 5.73 Å². The number of hydrogen-bond donors (Lipinski definition) is 1. The van der Waals surface area contributed by atoms with E-state index in [0.29, 0.717) is 34.1 Å². The third-order valence-electron chi connectivity index (χ3n) is 3.66. The molecule has 0 saturated heterocycles. The molecule has 0 unspecified atom stereocenters. The molecule has 0 aliphatic heterocycles. The number of carbonyl (C=O) groups is 1.